The van der Waals surface area contributed by atoms with Crippen LogP contribution in [-0.2, 0) is 28.6 Å². The molecule has 2 unspecified atom stereocenters. The number of carboxylic acid groups (broad SMARTS) is 1. The lowest BCUT2D eigenvalue weighted by Gasteiger charge is -2.34. The van der Waals surface area contributed by atoms with Gasteiger partial charge in [0.1, 0.15) is 12.6 Å². The number of carbonyl (C=O) groups is 3. The molecule has 0 aromatic heterocycles. The normalized spacial score (nSPS) is 13.9. The molecule has 8 heteroatoms. The van der Waals surface area contributed by atoms with Gasteiger partial charge in [0.2, 0.25) is 0 Å². The Kier molecular flexibility index (Phi) is 35.6. The summed E-state index contributed by atoms with van der Waals surface area (Å²) in [6, 6.07) is -0.741. The lowest BCUT2D eigenvalue weighted by Crippen LogP contribution is -2.55. The summed E-state index contributed by atoms with van der Waals surface area (Å²) in [6.45, 7) is 4.41. The van der Waals surface area contributed by atoms with Crippen molar-refractivity contribution >= 4 is 17.9 Å². The fourth-order valence-electron chi connectivity index (χ4n) is 5.58. The fourth-order valence-corrected chi connectivity index (χ4v) is 5.58. The highest BCUT2D eigenvalue weighted by Crippen LogP contribution is 2.12. The monoisotopic (exact) mass is 780 g/mol. The van der Waals surface area contributed by atoms with Crippen molar-refractivity contribution in [1.29, 1.82) is 0 Å². The van der Waals surface area contributed by atoms with E-state index in [1.165, 1.54) is 38.5 Å². The molecule has 316 valence electrons. The number of hydrogen-bond acceptors (Lipinski definition) is 7. The smallest absolute Gasteiger partial charge is 0.306 e. The zero-order valence-electron chi connectivity index (χ0n) is 35.8. The van der Waals surface area contributed by atoms with Gasteiger partial charge < -0.3 is 28.6 Å². The molecule has 0 N–H and O–H groups in total. The largest absolute Gasteiger partial charge is 0.544 e. The van der Waals surface area contributed by atoms with Crippen LogP contribution in [0.3, 0.4) is 0 Å². The second-order valence-corrected chi connectivity index (χ2v) is 15.0. The number of carboxylic acids is 1. The molecule has 56 heavy (non-hydrogen) atoms. The number of aliphatic carboxylic acids is 1. The molecule has 0 saturated heterocycles. The Morgan fingerprint density at radius 1 is 0.554 bits per heavy atom. The highest BCUT2D eigenvalue weighted by Gasteiger charge is 2.25. The summed E-state index contributed by atoms with van der Waals surface area (Å²) in [7, 11) is 5.37. The van der Waals surface area contributed by atoms with Crippen LogP contribution in [0, 0.1) is 0 Å². The van der Waals surface area contributed by atoms with E-state index < -0.39 is 18.1 Å². The molecule has 0 aromatic carbocycles. The number of allylic oxidation sites excluding steroid dienone is 16. The molecule has 0 saturated carbocycles. The van der Waals surface area contributed by atoms with E-state index in [-0.39, 0.29) is 55.5 Å². The molecule has 0 rings (SSSR count). The molecule has 0 bridgehead atoms. The van der Waals surface area contributed by atoms with Gasteiger partial charge in [0.15, 0.2) is 6.10 Å². The standard InChI is InChI=1S/C48H77NO7/c1-6-8-10-12-14-16-18-20-21-22-23-24-25-27-28-30-32-34-36-38-46(50)55-43-44(42-54-41-40-45(48(52)53)49(3,4)5)56-47(51)39-37-35-33-31-29-26-19-17-15-13-11-9-7-2/h8,10,12,14,16,18,20-29,44-45H,6-7,9,11,13,15,17,19,30-43H2,1-5H3/b10-8+,14-12+,18-16+,21-20+,23-22+,25-24+,28-27+,29-26+. The van der Waals surface area contributed by atoms with Gasteiger partial charge in [-0.05, 0) is 57.8 Å². The van der Waals surface area contributed by atoms with Gasteiger partial charge in [-0.15, -0.1) is 0 Å². The van der Waals surface area contributed by atoms with Gasteiger partial charge in [0.25, 0.3) is 0 Å². The van der Waals surface area contributed by atoms with Crippen molar-refractivity contribution in [3.63, 3.8) is 0 Å². The van der Waals surface area contributed by atoms with Gasteiger partial charge in [-0.25, -0.2) is 0 Å². The van der Waals surface area contributed by atoms with E-state index in [9.17, 15) is 19.5 Å². The second-order valence-electron chi connectivity index (χ2n) is 15.0. The minimum Gasteiger partial charge on any atom is -0.544 e. The summed E-state index contributed by atoms with van der Waals surface area (Å²) >= 11 is 0. The maximum absolute atomic E-state index is 12.7. The Morgan fingerprint density at radius 2 is 1.02 bits per heavy atom. The van der Waals surface area contributed by atoms with E-state index in [0.717, 1.165) is 57.8 Å². The Bertz CT molecular complexity index is 1230. The van der Waals surface area contributed by atoms with Crippen molar-refractivity contribution in [1.82, 2.24) is 0 Å². The molecule has 0 amide bonds. The van der Waals surface area contributed by atoms with E-state index >= 15 is 0 Å². The molecule has 8 nitrogen and oxygen atoms in total. The van der Waals surface area contributed by atoms with Gasteiger partial charge in [0, 0.05) is 19.3 Å². The molecular weight excluding hydrogens is 703 g/mol. The maximum Gasteiger partial charge on any atom is 0.306 e. The van der Waals surface area contributed by atoms with Crippen molar-refractivity contribution in [2.24, 2.45) is 0 Å². The first kappa shape index (κ1) is 52.2. The predicted octanol–water partition coefficient (Wildman–Crippen LogP) is 10.2. The summed E-state index contributed by atoms with van der Waals surface area (Å²) < 4.78 is 17.1. The van der Waals surface area contributed by atoms with Gasteiger partial charge in [-0.2, -0.15) is 0 Å². The Labute approximate surface area is 341 Å². The van der Waals surface area contributed by atoms with Crippen molar-refractivity contribution in [3.05, 3.63) is 97.2 Å². The SMILES string of the molecule is CC/C=C/C=C/C=C/C=C/C=C/C=C/C=C/CCCCCC(=O)OCC(COCCC(C(=O)[O-])[N+](C)(C)C)OC(=O)CCCCC/C=C/CCCCCCCC. The maximum atomic E-state index is 12.7. The van der Waals surface area contributed by atoms with Crippen LogP contribution in [0.2, 0.25) is 0 Å². The van der Waals surface area contributed by atoms with Crippen LogP contribution in [0.1, 0.15) is 136 Å². The second kappa shape index (κ2) is 38.1. The number of nitrogens with zero attached hydrogens (tertiary/aromatic N) is 1. The third-order valence-electron chi connectivity index (χ3n) is 8.90. The van der Waals surface area contributed by atoms with Crippen LogP contribution < -0.4 is 5.11 Å². The number of rotatable bonds is 36. The average Bonchev–Trinajstić information content (AvgIpc) is 3.15. The quantitative estimate of drug-likeness (QED) is 0.0205. The highest BCUT2D eigenvalue weighted by molar-refractivity contribution is 5.70. The summed E-state index contributed by atoms with van der Waals surface area (Å²) in [5.74, 6) is -1.83. The van der Waals surface area contributed by atoms with Crippen LogP contribution in [-0.4, -0.2) is 75.5 Å². The minimum absolute atomic E-state index is 0.0131. The Hall–Kier alpha value is -3.75. The molecule has 0 spiro atoms. The van der Waals surface area contributed by atoms with E-state index in [1.807, 2.05) is 72.9 Å². The van der Waals surface area contributed by atoms with Crippen molar-refractivity contribution in [3.8, 4) is 0 Å². The van der Waals surface area contributed by atoms with Crippen LogP contribution in [0.15, 0.2) is 97.2 Å². The zero-order valence-corrected chi connectivity index (χ0v) is 35.8. The van der Waals surface area contributed by atoms with Crippen molar-refractivity contribution in [2.75, 3.05) is 41.0 Å². The first-order chi connectivity index (χ1) is 27.1. The number of ether oxygens (including phenoxy) is 3. The zero-order chi connectivity index (χ0) is 41.4. The van der Waals surface area contributed by atoms with E-state index in [0.29, 0.717) is 6.42 Å². The summed E-state index contributed by atoms with van der Waals surface area (Å²) in [5, 5.41) is 11.6. The number of likely N-dealkylation sites (N-methyl/N-ethyl adjacent to an activating group) is 1. The Balaban J connectivity index is 4.51. The number of carbonyl (C=O) groups excluding carboxylic acids is 3. The molecular formula is C48H77NO7. The molecule has 0 aromatic rings. The van der Waals surface area contributed by atoms with E-state index in [1.54, 1.807) is 21.1 Å². The molecule has 0 fully saturated rings. The van der Waals surface area contributed by atoms with Crippen LogP contribution >= 0.6 is 0 Å². The van der Waals surface area contributed by atoms with Gasteiger partial charge in [-0.3, -0.25) is 9.59 Å². The lowest BCUT2D eigenvalue weighted by atomic mass is 10.1. The average molecular weight is 780 g/mol. The van der Waals surface area contributed by atoms with Gasteiger partial charge >= 0.3 is 11.9 Å². The van der Waals surface area contributed by atoms with Gasteiger partial charge in [-0.1, -0.05) is 156 Å². The van der Waals surface area contributed by atoms with E-state index in [4.69, 9.17) is 14.2 Å². The molecule has 2 atom stereocenters. The summed E-state index contributed by atoms with van der Waals surface area (Å²) in [5.41, 5.74) is 0. The van der Waals surface area contributed by atoms with Crippen LogP contribution in [0.4, 0.5) is 0 Å². The predicted molar refractivity (Wildman–Crippen MR) is 231 cm³/mol. The number of esters is 2. The molecule has 0 aliphatic carbocycles. The van der Waals surface area contributed by atoms with Crippen molar-refractivity contribution in [2.45, 2.75) is 148 Å². The van der Waals surface area contributed by atoms with Crippen LogP contribution in [0.5, 0.6) is 0 Å². The lowest BCUT2D eigenvalue weighted by molar-refractivity contribution is -0.889. The minimum atomic E-state index is -1.14. The molecule has 0 aliphatic rings. The van der Waals surface area contributed by atoms with Gasteiger partial charge in [0.05, 0.1) is 40.3 Å². The number of hydrogen-bond donors (Lipinski definition) is 0. The number of quaternary nitrogens is 1. The van der Waals surface area contributed by atoms with Crippen molar-refractivity contribution < 1.29 is 38.2 Å². The first-order valence-corrected chi connectivity index (χ1v) is 21.4. The third-order valence-corrected chi connectivity index (χ3v) is 8.90. The topological polar surface area (TPSA) is 102 Å². The highest BCUT2D eigenvalue weighted by atomic mass is 16.6. The first-order valence-electron chi connectivity index (χ1n) is 21.4. The van der Waals surface area contributed by atoms with E-state index in [2.05, 4.69) is 38.2 Å². The van der Waals surface area contributed by atoms with Crippen LogP contribution in [0.25, 0.3) is 0 Å². The number of unbranched alkanes of at least 4 members (excludes halogenated alkanes) is 12. The summed E-state index contributed by atoms with van der Waals surface area (Å²) in [6.07, 6.45) is 50.0. The molecule has 0 heterocycles. The third kappa shape index (κ3) is 35.9. The molecule has 0 aliphatic heterocycles. The Morgan fingerprint density at radius 3 is 1.54 bits per heavy atom. The summed E-state index contributed by atoms with van der Waals surface area (Å²) in [4.78, 5) is 36.8. The molecule has 0 radical (unpaired) electrons. The fraction of sp³-hybridized carbons (Fsp3) is 0.604.